The van der Waals surface area contributed by atoms with E-state index in [0.29, 0.717) is 0 Å². The molecule has 0 aromatic heterocycles. The number of hydrogen-bond donors (Lipinski definition) is 0. The quantitative estimate of drug-likeness (QED) is 0.665. The average molecular weight is 357 g/mol. The van der Waals surface area contributed by atoms with Gasteiger partial charge in [0.1, 0.15) is 0 Å². The Morgan fingerprint density at radius 1 is 1.08 bits per heavy atom. The van der Waals surface area contributed by atoms with E-state index in [1.165, 1.54) is 26.7 Å². The van der Waals surface area contributed by atoms with Crippen molar-refractivity contribution in [2.45, 2.75) is 36.2 Å². The van der Waals surface area contributed by atoms with Crippen LogP contribution in [0.2, 0.25) is 0 Å². The highest BCUT2D eigenvalue weighted by molar-refractivity contribution is 7.99. The Balaban J connectivity index is 1.91. The molecule has 25 heavy (non-hydrogen) atoms. The van der Waals surface area contributed by atoms with Crippen LogP contribution >= 0.6 is 11.8 Å². The molecular weight excluding hydrogens is 328 g/mol. The van der Waals surface area contributed by atoms with Crippen LogP contribution in [0.1, 0.15) is 31.9 Å². The second-order valence-corrected chi connectivity index (χ2v) is 7.79. The Bertz CT molecular complexity index is 717. The Labute approximate surface area is 156 Å². The molecule has 4 heteroatoms. The van der Waals surface area contributed by atoms with Gasteiger partial charge in [0.05, 0.1) is 17.5 Å². The first-order valence-corrected chi connectivity index (χ1v) is 9.86. The van der Waals surface area contributed by atoms with E-state index in [9.17, 15) is 0 Å². The molecule has 0 fully saturated rings. The van der Waals surface area contributed by atoms with E-state index >= 15 is 0 Å². The minimum atomic E-state index is 0.135. The van der Waals surface area contributed by atoms with Gasteiger partial charge >= 0.3 is 0 Å². The number of ether oxygens (including phenoxy) is 1. The summed E-state index contributed by atoms with van der Waals surface area (Å²) in [7, 11) is 4.27. The smallest absolute Gasteiger partial charge is 0.0797 e. The zero-order valence-electron chi connectivity index (χ0n) is 15.7. The summed E-state index contributed by atoms with van der Waals surface area (Å²) in [6, 6.07) is 15.5. The van der Waals surface area contributed by atoms with Gasteiger partial charge < -0.3 is 14.5 Å². The van der Waals surface area contributed by atoms with Gasteiger partial charge in [0.15, 0.2) is 0 Å². The molecule has 1 atom stereocenters. The second-order valence-electron chi connectivity index (χ2n) is 6.70. The summed E-state index contributed by atoms with van der Waals surface area (Å²) < 4.78 is 5.78. The highest BCUT2D eigenvalue weighted by atomic mass is 32.2. The number of fused-ring (bicyclic) bond motifs is 2. The lowest BCUT2D eigenvalue weighted by Crippen LogP contribution is -2.25. The van der Waals surface area contributed by atoms with Crippen LogP contribution < -0.4 is 4.90 Å². The summed E-state index contributed by atoms with van der Waals surface area (Å²) in [6.07, 6.45) is 1.28. The van der Waals surface area contributed by atoms with Gasteiger partial charge in [-0.25, -0.2) is 0 Å². The van der Waals surface area contributed by atoms with Crippen molar-refractivity contribution in [2.75, 3.05) is 38.7 Å². The first-order chi connectivity index (χ1) is 12.1. The maximum atomic E-state index is 5.78. The third-order valence-corrected chi connectivity index (χ3v) is 5.64. The molecule has 0 N–H and O–H groups in total. The van der Waals surface area contributed by atoms with Gasteiger partial charge in [0, 0.05) is 22.9 Å². The van der Waals surface area contributed by atoms with Crippen LogP contribution in [0.5, 0.6) is 0 Å². The van der Waals surface area contributed by atoms with E-state index in [0.717, 1.165) is 26.1 Å². The minimum absolute atomic E-state index is 0.135. The number of nitrogens with zero attached hydrogens (tertiary/aromatic N) is 2. The summed E-state index contributed by atoms with van der Waals surface area (Å²) in [5.41, 5.74) is 3.89. The van der Waals surface area contributed by atoms with Crippen molar-refractivity contribution in [3.8, 4) is 0 Å². The number of para-hydroxylation sites is 1. The third-order valence-electron chi connectivity index (χ3n) is 4.52. The van der Waals surface area contributed by atoms with Crippen molar-refractivity contribution in [1.82, 2.24) is 4.90 Å². The molecule has 2 aromatic rings. The van der Waals surface area contributed by atoms with Crippen LogP contribution in [0.3, 0.4) is 0 Å². The molecule has 1 heterocycles. The fraction of sp³-hybridized carbons (Fsp3) is 0.429. The monoisotopic (exact) mass is 356 g/mol. The molecule has 3 rings (SSSR count). The van der Waals surface area contributed by atoms with Crippen LogP contribution in [0.15, 0.2) is 52.3 Å². The van der Waals surface area contributed by atoms with Crippen LogP contribution in [0.25, 0.3) is 0 Å². The van der Waals surface area contributed by atoms with Crippen LogP contribution in [0.4, 0.5) is 11.4 Å². The number of rotatable bonds is 7. The molecule has 134 valence electrons. The zero-order valence-corrected chi connectivity index (χ0v) is 16.5. The molecule has 1 aliphatic heterocycles. The van der Waals surface area contributed by atoms with Gasteiger partial charge in [-0.15, -0.1) is 0 Å². The molecule has 0 spiro atoms. The second kappa shape index (κ2) is 8.26. The number of benzene rings is 2. The molecule has 0 bridgehead atoms. The summed E-state index contributed by atoms with van der Waals surface area (Å²) in [5.74, 6) is 0. The fourth-order valence-corrected chi connectivity index (χ4v) is 4.38. The van der Waals surface area contributed by atoms with E-state index in [1.807, 2.05) is 18.7 Å². The summed E-state index contributed by atoms with van der Waals surface area (Å²) in [6.45, 7) is 7.04. The van der Waals surface area contributed by atoms with Crippen LogP contribution in [0, 0.1) is 0 Å². The summed E-state index contributed by atoms with van der Waals surface area (Å²) in [4.78, 5) is 7.38. The maximum absolute atomic E-state index is 5.78. The van der Waals surface area contributed by atoms with Gasteiger partial charge in [-0.05, 0) is 70.7 Å². The van der Waals surface area contributed by atoms with Gasteiger partial charge in [0.2, 0.25) is 0 Å². The Morgan fingerprint density at radius 3 is 2.60 bits per heavy atom. The maximum Gasteiger partial charge on any atom is 0.0797 e. The largest absolute Gasteiger partial charge is 0.374 e. The van der Waals surface area contributed by atoms with Crippen molar-refractivity contribution in [3.63, 3.8) is 0 Å². The summed E-state index contributed by atoms with van der Waals surface area (Å²) >= 11 is 1.87. The number of hydrogen-bond acceptors (Lipinski definition) is 4. The Kier molecular flexibility index (Phi) is 6.05. The van der Waals surface area contributed by atoms with Crippen molar-refractivity contribution < 1.29 is 4.74 Å². The molecule has 0 radical (unpaired) electrons. The van der Waals surface area contributed by atoms with Crippen molar-refractivity contribution >= 4 is 23.1 Å². The molecule has 0 saturated heterocycles. The average Bonchev–Trinajstić information content (AvgIpc) is 2.60. The van der Waals surface area contributed by atoms with Crippen molar-refractivity contribution in [1.29, 1.82) is 0 Å². The normalized spacial score (nSPS) is 14.4. The number of anilines is 2. The molecular formula is C21H28N2OS. The zero-order chi connectivity index (χ0) is 17.8. The van der Waals surface area contributed by atoms with Crippen molar-refractivity contribution in [3.05, 3.63) is 48.0 Å². The molecule has 3 nitrogen and oxygen atoms in total. The molecule has 0 saturated carbocycles. The highest BCUT2D eigenvalue weighted by Gasteiger charge is 2.23. The Morgan fingerprint density at radius 2 is 1.84 bits per heavy atom. The lowest BCUT2D eigenvalue weighted by atomic mass is 10.1. The van der Waals surface area contributed by atoms with E-state index in [-0.39, 0.29) is 6.10 Å². The van der Waals surface area contributed by atoms with E-state index in [4.69, 9.17) is 4.74 Å². The predicted octanol–water partition coefficient (Wildman–Crippen LogP) is 5.34. The molecule has 1 aliphatic rings. The van der Waals surface area contributed by atoms with Crippen molar-refractivity contribution in [2.24, 2.45) is 0 Å². The van der Waals surface area contributed by atoms with E-state index < -0.39 is 0 Å². The van der Waals surface area contributed by atoms with Crippen LogP contribution in [-0.4, -0.2) is 38.7 Å². The fourth-order valence-electron chi connectivity index (χ4n) is 3.24. The first-order valence-electron chi connectivity index (χ1n) is 9.05. The Hall–Kier alpha value is -1.49. The predicted molar refractivity (Wildman–Crippen MR) is 107 cm³/mol. The summed E-state index contributed by atoms with van der Waals surface area (Å²) in [5, 5.41) is 0. The molecule has 2 aromatic carbocycles. The topological polar surface area (TPSA) is 15.7 Å². The first kappa shape index (κ1) is 18.3. The molecule has 1 unspecified atom stereocenters. The minimum Gasteiger partial charge on any atom is -0.374 e. The lowest BCUT2D eigenvalue weighted by Gasteiger charge is -2.33. The van der Waals surface area contributed by atoms with Gasteiger partial charge in [-0.3, -0.25) is 0 Å². The third kappa shape index (κ3) is 4.20. The van der Waals surface area contributed by atoms with Gasteiger partial charge in [-0.2, -0.15) is 0 Å². The van der Waals surface area contributed by atoms with E-state index in [2.05, 4.69) is 73.3 Å². The van der Waals surface area contributed by atoms with E-state index in [1.54, 1.807) is 0 Å². The highest BCUT2D eigenvalue weighted by Crippen LogP contribution is 2.48. The van der Waals surface area contributed by atoms with Crippen LogP contribution in [-0.2, 0) is 4.74 Å². The molecule has 0 aliphatic carbocycles. The lowest BCUT2D eigenvalue weighted by molar-refractivity contribution is 0.0763. The molecule has 0 amide bonds. The SMILES string of the molecule is CCOC(C)c1ccc2c(c1)Sc1ccccc1N2CCCN(C)C. The van der Waals surface area contributed by atoms with Gasteiger partial charge in [-0.1, -0.05) is 30.0 Å². The van der Waals surface area contributed by atoms with Gasteiger partial charge in [0.25, 0.3) is 0 Å². The standard InChI is InChI=1S/C21H28N2OS/c1-5-24-16(2)17-11-12-19-21(15-17)25-20-10-7-6-9-18(20)23(19)14-8-13-22(3)4/h6-7,9-12,15-16H,5,8,13-14H2,1-4H3.